The summed E-state index contributed by atoms with van der Waals surface area (Å²) >= 11 is 9.33. The van der Waals surface area contributed by atoms with Gasteiger partial charge in [-0.05, 0) is 71.1 Å². The highest BCUT2D eigenvalue weighted by Gasteiger charge is 2.40. The summed E-state index contributed by atoms with van der Waals surface area (Å²) in [7, 11) is 0. The van der Waals surface area contributed by atoms with Gasteiger partial charge in [-0.2, -0.15) is 0 Å². The summed E-state index contributed by atoms with van der Waals surface area (Å²) in [6.07, 6.45) is 6.06. The lowest BCUT2D eigenvalue weighted by molar-refractivity contribution is 0.0943. The van der Waals surface area contributed by atoms with E-state index in [1.807, 2.05) is 6.07 Å². The molecular formula is C15H16BrClO. The third-order valence-electron chi connectivity index (χ3n) is 4.56. The minimum atomic E-state index is 0.260. The molecule has 1 nitrogen and oxygen atoms in total. The Kier molecular flexibility index (Phi) is 3.50. The number of halogens is 2. The Morgan fingerprint density at radius 3 is 2.78 bits per heavy atom. The number of benzene rings is 1. The largest absolute Gasteiger partial charge is 0.294 e. The van der Waals surface area contributed by atoms with Crippen LogP contribution in [0.3, 0.4) is 0 Å². The fourth-order valence-corrected chi connectivity index (χ4v) is 4.59. The van der Waals surface area contributed by atoms with E-state index in [0.717, 1.165) is 21.9 Å². The second-order valence-corrected chi connectivity index (χ2v) is 6.98. The average molecular weight is 328 g/mol. The number of hydrogen-bond donors (Lipinski definition) is 0. The Balaban J connectivity index is 1.71. The van der Waals surface area contributed by atoms with Gasteiger partial charge in [-0.3, -0.25) is 4.79 Å². The van der Waals surface area contributed by atoms with Crippen LogP contribution in [0.1, 0.15) is 42.5 Å². The predicted molar refractivity (Wildman–Crippen MR) is 77.0 cm³/mol. The lowest BCUT2D eigenvalue weighted by Crippen LogP contribution is -2.15. The molecule has 18 heavy (non-hydrogen) atoms. The molecule has 0 N–H and O–H groups in total. The second kappa shape index (κ2) is 4.97. The van der Waals surface area contributed by atoms with Crippen LogP contribution >= 0.6 is 27.5 Å². The van der Waals surface area contributed by atoms with Crippen molar-refractivity contribution in [3.8, 4) is 0 Å². The molecule has 2 bridgehead atoms. The first-order chi connectivity index (χ1) is 8.63. The minimum absolute atomic E-state index is 0.260. The topological polar surface area (TPSA) is 17.1 Å². The number of fused-ring (bicyclic) bond motifs is 2. The Labute approximate surface area is 121 Å². The van der Waals surface area contributed by atoms with Crippen molar-refractivity contribution in [1.82, 2.24) is 0 Å². The first kappa shape index (κ1) is 12.7. The monoisotopic (exact) mass is 326 g/mol. The van der Waals surface area contributed by atoms with Crippen LogP contribution in [-0.2, 0) is 0 Å². The van der Waals surface area contributed by atoms with Crippen molar-refractivity contribution in [2.24, 2.45) is 17.8 Å². The van der Waals surface area contributed by atoms with E-state index in [1.54, 1.807) is 12.1 Å². The number of carbonyl (C=O) groups excluding carboxylic acids is 1. The number of Topliss-reactive ketones (excluding diaryl/α,β-unsaturated/α-hetero) is 1. The molecule has 3 heteroatoms. The lowest BCUT2D eigenvalue weighted by atomic mass is 9.84. The van der Waals surface area contributed by atoms with Gasteiger partial charge in [0.05, 0.1) is 0 Å². The Bertz CT molecular complexity index is 485. The Hall–Kier alpha value is -0.340. The summed E-state index contributed by atoms with van der Waals surface area (Å²) < 4.78 is 0.822. The molecule has 2 saturated carbocycles. The summed E-state index contributed by atoms with van der Waals surface area (Å²) in [6.45, 7) is 0. The second-order valence-electron chi connectivity index (χ2n) is 5.69. The average Bonchev–Trinajstić information content (AvgIpc) is 2.90. The van der Waals surface area contributed by atoms with E-state index in [0.29, 0.717) is 17.4 Å². The van der Waals surface area contributed by atoms with Gasteiger partial charge in [-0.15, -0.1) is 0 Å². The van der Waals surface area contributed by atoms with Crippen molar-refractivity contribution in [2.45, 2.75) is 32.1 Å². The molecule has 1 aromatic rings. The van der Waals surface area contributed by atoms with Crippen LogP contribution in [0.4, 0.5) is 0 Å². The molecule has 0 spiro atoms. The molecule has 0 amide bonds. The van der Waals surface area contributed by atoms with E-state index < -0.39 is 0 Å². The van der Waals surface area contributed by atoms with Gasteiger partial charge in [0.1, 0.15) is 0 Å². The highest BCUT2D eigenvalue weighted by atomic mass is 79.9. The van der Waals surface area contributed by atoms with E-state index in [-0.39, 0.29) is 5.78 Å². The molecule has 0 aliphatic heterocycles. The Morgan fingerprint density at radius 1 is 1.33 bits per heavy atom. The molecule has 0 heterocycles. The quantitative estimate of drug-likeness (QED) is 0.705. The van der Waals surface area contributed by atoms with Crippen molar-refractivity contribution < 1.29 is 4.79 Å². The van der Waals surface area contributed by atoms with Crippen LogP contribution in [0, 0.1) is 17.8 Å². The molecule has 0 aromatic heterocycles. The summed E-state index contributed by atoms with van der Waals surface area (Å²) in [5.74, 6) is 2.60. The molecule has 3 atom stereocenters. The summed E-state index contributed by atoms with van der Waals surface area (Å²) in [5, 5.41) is 0.665. The van der Waals surface area contributed by atoms with Gasteiger partial charge in [0.25, 0.3) is 0 Å². The SMILES string of the molecule is O=C(CC1CC2CCC1C2)c1ccc(Cl)cc1Br. The van der Waals surface area contributed by atoms with E-state index in [2.05, 4.69) is 15.9 Å². The predicted octanol–water partition coefficient (Wildman–Crippen LogP) is 5.11. The highest BCUT2D eigenvalue weighted by molar-refractivity contribution is 9.10. The van der Waals surface area contributed by atoms with Crippen molar-refractivity contribution in [1.29, 1.82) is 0 Å². The molecule has 0 saturated heterocycles. The summed E-state index contributed by atoms with van der Waals surface area (Å²) in [4.78, 5) is 12.3. The molecule has 3 rings (SSSR count). The minimum Gasteiger partial charge on any atom is -0.294 e. The zero-order valence-electron chi connectivity index (χ0n) is 10.2. The summed E-state index contributed by atoms with van der Waals surface area (Å²) in [5.41, 5.74) is 0.780. The fraction of sp³-hybridized carbons (Fsp3) is 0.533. The van der Waals surface area contributed by atoms with Crippen molar-refractivity contribution >= 4 is 33.3 Å². The Morgan fingerprint density at radius 2 is 2.17 bits per heavy atom. The molecule has 2 aliphatic rings. The van der Waals surface area contributed by atoms with Gasteiger partial charge >= 0.3 is 0 Å². The number of hydrogen-bond acceptors (Lipinski definition) is 1. The molecule has 3 unspecified atom stereocenters. The van der Waals surface area contributed by atoms with Crippen LogP contribution in [0.5, 0.6) is 0 Å². The molecule has 96 valence electrons. The van der Waals surface area contributed by atoms with Gasteiger partial charge in [0, 0.05) is 21.5 Å². The third kappa shape index (κ3) is 2.37. The smallest absolute Gasteiger partial charge is 0.164 e. The normalized spacial score (nSPS) is 29.8. The first-order valence-corrected chi connectivity index (χ1v) is 7.79. The van der Waals surface area contributed by atoms with Gasteiger partial charge < -0.3 is 0 Å². The third-order valence-corrected chi connectivity index (χ3v) is 5.45. The zero-order valence-corrected chi connectivity index (χ0v) is 12.5. The maximum Gasteiger partial charge on any atom is 0.164 e. The van der Waals surface area contributed by atoms with Gasteiger partial charge in [0.15, 0.2) is 5.78 Å². The molecular weight excluding hydrogens is 312 g/mol. The van der Waals surface area contributed by atoms with Gasteiger partial charge in [-0.1, -0.05) is 18.0 Å². The molecule has 0 radical (unpaired) electrons. The lowest BCUT2D eigenvalue weighted by Gasteiger charge is -2.20. The summed E-state index contributed by atoms with van der Waals surface area (Å²) in [6, 6.07) is 5.43. The maximum atomic E-state index is 12.3. The van der Waals surface area contributed by atoms with Crippen molar-refractivity contribution in [3.63, 3.8) is 0 Å². The van der Waals surface area contributed by atoms with Crippen LogP contribution in [0.15, 0.2) is 22.7 Å². The number of rotatable bonds is 3. The van der Waals surface area contributed by atoms with Crippen molar-refractivity contribution in [2.75, 3.05) is 0 Å². The van der Waals surface area contributed by atoms with Crippen LogP contribution in [0.25, 0.3) is 0 Å². The highest BCUT2D eigenvalue weighted by Crippen LogP contribution is 2.49. The maximum absolute atomic E-state index is 12.3. The fourth-order valence-electron chi connectivity index (χ4n) is 3.69. The first-order valence-electron chi connectivity index (χ1n) is 6.61. The van der Waals surface area contributed by atoms with E-state index >= 15 is 0 Å². The number of carbonyl (C=O) groups is 1. The molecule has 2 fully saturated rings. The molecule has 1 aromatic carbocycles. The van der Waals surface area contributed by atoms with E-state index in [9.17, 15) is 4.79 Å². The number of ketones is 1. The van der Waals surface area contributed by atoms with Gasteiger partial charge in [0.2, 0.25) is 0 Å². The van der Waals surface area contributed by atoms with Gasteiger partial charge in [-0.25, -0.2) is 0 Å². The van der Waals surface area contributed by atoms with Crippen LogP contribution in [-0.4, -0.2) is 5.78 Å². The molecule has 2 aliphatic carbocycles. The van der Waals surface area contributed by atoms with Crippen LogP contribution < -0.4 is 0 Å². The van der Waals surface area contributed by atoms with E-state index in [4.69, 9.17) is 11.6 Å². The standard InChI is InChI=1S/C15H16BrClO/c16-14-8-12(17)3-4-13(14)15(18)7-11-6-9-1-2-10(11)5-9/h3-4,8-11H,1-2,5-7H2. The van der Waals surface area contributed by atoms with Crippen LogP contribution in [0.2, 0.25) is 5.02 Å². The van der Waals surface area contributed by atoms with Crippen molar-refractivity contribution in [3.05, 3.63) is 33.3 Å². The van der Waals surface area contributed by atoms with E-state index in [1.165, 1.54) is 25.7 Å². The zero-order chi connectivity index (χ0) is 12.7.